The molecule has 2 aromatic carbocycles. The van der Waals surface area contributed by atoms with Crippen molar-refractivity contribution < 1.29 is 36.0 Å². The molecule has 1 unspecified atom stereocenters. The van der Waals surface area contributed by atoms with Crippen LogP contribution in [0.2, 0.25) is 5.02 Å². The maximum atomic E-state index is 13.7. The lowest BCUT2D eigenvalue weighted by molar-refractivity contribution is -0.0497. The molecule has 0 fully saturated rings. The highest BCUT2D eigenvalue weighted by atomic mass is 35.5. The molecule has 190 valence electrons. The van der Waals surface area contributed by atoms with Gasteiger partial charge in [-0.25, -0.2) is 8.42 Å². The molecule has 4 rings (SSSR count). The van der Waals surface area contributed by atoms with Gasteiger partial charge in [0, 0.05) is 34.5 Å². The zero-order valence-electron chi connectivity index (χ0n) is 18.7. The Morgan fingerprint density at radius 3 is 2.47 bits per heavy atom. The number of imidazole rings is 1. The van der Waals surface area contributed by atoms with E-state index in [0.29, 0.717) is 10.8 Å². The van der Waals surface area contributed by atoms with E-state index in [1.807, 2.05) is 0 Å². The van der Waals surface area contributed by atoms with Gasteiger partial charge in [-0.1, -0.05) is 11.6 Å². The Morgan fingerprint density at radius 2 is 1.83 bits per heavy atom. The van der Waals surface area contributed by atoms with Gasteiger partial charge in [-0.15, -0.1) is 0 Å². The van der Waals surface area contributed by atoms with E-state index in [1.54, 1.807) is 6.07 Å². The number of alkyl halides is 2. The molecule has 2 heterocycles. The van der Waals surface area contributed by atoms with Crippen molar-refractivity contribution in [3.05, 3.63) is 65.4 Å². The van der Waals surface area contributed by atoms with Gasteiger partial charge in [0.25, 0.3) is 10.0 Å². The predicted octanol–water partition coefficient (Wildman–Crippen LogP) is 4.25. The Hall–Kier alpha value is -3.13. The van der Waals surface area contributed by atoms with Crippen LogP contribution in [-0.2, 0) is 27.0 Å². The molecule has 0 aliphatic heterocycles. The summed E-state index contributed by atoms with van der Waals surface area (Å²) < 4.78 is 82.2. The van der Waals surface area contributed by atoms with Crippen molar-refractivity contribution in [1.82, 2.24) is 13.9 Å². The quantitative estimate of drug-likeness (QED) is 0.280. The van der Waals surface area contributed by atoms with Gasteiger partial charge >= 0.3 is 11.8 Å². The standard InChI is InChI=1S/C22H18ClF2N3O6S2/c1-32-19-9-10-26-17(20(19)33-2)12-35(29)22-27-16-8-5-14(34-21(24)25)11-18(16)28(22)36(30,31)15-6-3-13(23)4-7-15/h3-11,21H,12H2,1-2H3. The van der Waals surface area contributed by atoms with Crippen LogP contribution in [0.3, 0.4) is 0 Å². The van der Waals surface area contributed by atoms with Crippen LogP contribution in [0.4, 0.5) is 8.78 Å². The van der Waals surface area contributed by atoms with Crippen molar-refractivity contribution in [2.24, 2.45) is 0 Å². The van der Waals surface area contributed by atoms with Crippen LogP contribution in [0.25, 0.3) is 11.0 Å². The zero-order valence-corrected chi connectivity index (χ0v) is 21.1. The summed E-state index contributed by atoms with van der Waals surface area (Å²) in [5.74, 6) is -0.00146. The summed E-state index contributed by atoms with van der Waals surface area (Å²) in [7, 11) is -1.59. The molecule has 9 nitrogen and oxygen atoms in total. The fraction of sp³-hybridized carbons (Fsp3) is 0.182. The van der Waals surface area contributed by atoms with E-state index in [-0.39, 0.29) is 44.0 Å². The van der Waals surface area contributed by atoms with E-state index in [2.05, 4.69) is 14.7 Å². The normalized spacial score (nSPS) is 12.6. The van der Waals surface area contributed by atoms with Crippen molar-refractivity contribution in [3.8, 4) is 17.2 Å². The minimum Gasteiger partial charge on any atom is -0.609 e. The summed E-state index contributed by atoms with van der Waals surface area (Å²) in [6.07, 6.45) is 1.43. The predicted molar refractivity (Wildman–Crippen MR) is 128 cm³/mol. The summed E-state index contributed by atoms with van der Waals surface area (Å²) in [5.41, 5.74) is 0.236. The van der Waals surface area contributed by atoms with E-state index in [4.69, 9.17) is 21.1 Å². The van der Waals surface area contributed by atoms with E-state index < -0.39 is 27.8 Å². The first-order valence-corrected chi connectivity index (χ1v) is 13.2. The van der Waals surface area contributed by atoms with Crippen molar-refractivity contribution >= 4 is 43.8 Å². The molecular formula is C22H18ClF2N3O6S2. The number of hydrogen-bond donors (Lipinski definition) is 0. The minimum absolute atomic E-state index is 0.1000. The first kappa shape index (κ1) is 25.9. The molecule has 0 amide bonds. The molecule has 0 aliphatic carbocycles. The summed E-state index contributed by atoms with van der Waals surface area (Å²) >= 11 is 3.81. The van der Waals surface area contributed by atoms with Gasteiger partial charge in [0.15, 0.2) is 17.3 Å². The molecule has 1 atom stereocenters. The molecule has 0 aliphatic rings. The summed E-state index contributed by atoms with van der Waals surface area (Å²) in [6.45, 7) is -3.13. The first-order chi connectivity index (χ1) is 17.1. The number of methoxy groups -OCH3 is 2. The van der Waals surface area contributed by atoms with Gasteiger partial charge in [-0.05, 0) is 36.4 Å². The Morgan fingerprint density at radius 1 is 1.11 bits per heavy atom. The number of pyridine rings is 1. The Labute approximate surface area is 212 Å². The lowest BCUT2D eigenvalue weighted by Gasteiger charge is -2.15. The van der Waals surface area contributed by atoms with E-state index in [0.717, 1.165) is 10.0 Å². The highest BCUT2D eigenvalue weighted by molar-refractivity contribution is 7.93. The second kappa shape index (κ2) is 10.5. The average Bonchev–Trinajstić information content (AvgIpc) is 3.23. The van der Waals surface area contributed by atoms with Crippen LogP contribution < -0.4 is 14.2 Å². The fourth-order valence-electron chi connectivity index (χ4n) is 3.42. The SMILES string of the molecule is COc1ccnc(C[S+]([O-])c2nc3ccc(OC(F)F)cc3n2S(=O)(=O)c2ccc(Cl)cc2)c1OC. The number of hydrogen-bond acceptors (Lipinski definition) is 8. The lowest BCUT2D eigenvalue weighted by atomic mass is 10.3. The number of ether oxygens (including phenoxy) is 3. The van der Waals surface area contributed by atoms with Crippen LogP contribution >= 0.6 is 11.6 Å². The zero-order chi connectivity index (χ0) is 26.0. The van der Waals surface area contributed by atoms with E-state index >= 15 is 0 Å². The third-order valence-electron chi connectivity index (χ3n) is 4.97. The molecular weight excluding hydrogens is 540 g/mol. The molecule has 0 radical (unpaired) electrons. The van der Waals surface area contributed by atoms with Crippen LogP contribution in [0, 0.1) is 0 Å². The largest absolute Gasteiger partial charge is 0.609 e. The van der Waals surface area contributed by atoms with E-state index in [9.17, 15) is 21.8 Å². The number of fused-ring (bicyclic) bond motifs is 1. The van der Waals surface area contributed by atoms with Crippen molar-refractivity contribution in [3.63, 3.8) is 0 Å². The number of benzene rings is 2. The molecule has 0 bridgehead atoms. The maximum Gasteiger partial charge on any atom is 0.387 e. The fourth-order valence-corrected chi connectivity index (χ4v) is 6.50. The topological polar surface area (TPSA) is 116 Å². The van der Waals surface area contributed by atoms with Gasteiger partial charge in [0.1, 0.15) is 11.4 Å². The number of nitrogens with zero attached hydrogens (tertiary/aromatic N) is 3. The maximum absolute atomic E-state index is 13.7. The van der Waals surface area contributed by atoms with E-state index in [1.165, 1.54) is 56.8 Å². The van der Waals surface area contributed by atoms with Crippen molar-refractivity contribution in [1.29, 1.82) is 0 Å². The van der Waals surface area contributed by atoms with Crippen LogP contribution in [0.15, 0.2) is 64.8 Å². The molecule has 14 heteroatoms. The number of rotatable bonds is 9. The second-order valence-corrected chi connectivity index (χ2v) is 10.7. The summed E-state index contributed by atoms with van der Waals surface area (Å²) in [6, 6.07) is 10.4. The third kappa shape index (κ3) is 5.05. The van der Waals surface area contributed by atoms with Crippen LogP contribution in [-0.4, -0.2) is 47.7 Å². The van der Waals surface area contributed by atoms with Gasteiger partial charge in [0.2, 0.25) is 0 Å². The molecule has 0 spiro atoms. The number of halogens is 3. The highest BCUT2D eigenvalue weighted by Gasteiger charge is 2.33. The van der Waals surface area contributed by atoms with Crippen molar-refractivity contribution in [2.45, 2.75) is 22.4 Å². The molecule has 2 aromatic heterocycles. The Balaban J connectivity index is 1.89. The molecule has 0 saturated heterocycles. The second-order valence-electron chi connectivity index (χ2n) is 7.13. The molecule has 0 N–H and O–H groups in total. The van der Waals surface area contributed by atoms with Gasteiger partial charge in [0.05, 0.1) is 30.1 Å². The minimum atomic E-state index is -4.40. The lowest BCUT2D eigenvalue weighted by Crippen LogP contribution is -2.20. The molecule has 4 aromatic rings. The molecule has 36 heavy (non-hydrogen) atoms. The third-order valence-corrected chi connectivity index (χ3v) is 8.27. The smallest absolute Gasteiger partial charge is 0.387 e. The van der Waals surface area contributed by atoms with Crippen molar-refractivity contribution in [2.75, 3.05) is 14.2 Å². The average molecular weight is 558 g/mol. The van der Waals surface area contributed by atoms with Gasteiger partial charge in [-0.3, -0.25) is 4.98 Å². The van der Waals surface area contributed by atoms with Gasteiger partial charge < -0.3 is 18.8 Å². The summed E-state index contributed by atoms with van der Waals surface area (Å²) in [5, 5.41) is -0.0436. The number of aromatic nitrogens is 3. The van der Waals surface area contributed by atoms with Crippen LogP contribution in [0.5, 0.6) is 17.2 Å². The summed E-state index contributed by atoms with van der Waals surface area (Å²) in [4.78, 5) is 8.25. The van der Waals surface area contributed by atoms with Crippen LogP contribution in [0.1, 0.15) is 5.69 Å². The first-order valence-electron chi connectivity index (χ1n) is 10.1. The molecule has 0 saturated carbocycles. The monoisotopic (exact) mass is 557 g/mol. The highest BCUT2D eigenvalue weighted by Crippen LogP contribution is 2.34. The Kier molecular flexibility index (Phi) is 7.54. The Bertz CT molecular complexity index is 1500. The van der Waals surface area contributed by atoms with Gasteiger partial charge in [-0.2, -0.15) is 17.7 Å².